The topological polar surface area (TPSA) is 26.3 Å². The first-order chi connectivity index (χ1) is 10.0. The van der Waals surface area contributed by atoms with Crippen molar-refractivity contribution >= 4 is 14.1 Å². The van der Waals surface area contributed by atoms with Gasteiger partial charge in [0.2, 0.25) is 0 Å². The molecule has 0 aromatic carbocycles. The van der Waals surface area contributed by atoms with Crippen LogP contribution in [0.5, 0.6) is 0 Å². The summed E-state index contributed by atoms with van der Waals surface area (Å²) in [6.07, 6.45) is 7.22. The molecule has 0 radical (unpaired) electrons. The molecule has 1 unspecified atom stereocenters. The van der Waals surface area contributed by atoms with Gasteiger partial charge in [-0.15, -0.1) is 0 Å². The lowest BCUT2D eigenvalue weighted by molar-refractivity contribution is -0.121. The van der Waals surface area contributed by atoms with Gasteiger partial charge in [-0.2, -0.15) is 0 Å². The molecular weight excluding hydrogens is 288 g/mol. The van der Waals surface area contributed by atoms with Crippen LogP contribution in [-0.4, -0.2) is 20.7 Å². The summed E-state index contributed by atoms with van der Waals surface area (Å²) in [5, 5.41) is 0.278. The number of carbonyl (C=O) groups is 1. The molecule has 0 saturated heterocycles. The van der Waals surface area contributed by atoms with E-state index in [-0.39, 0.29) is 5.04 Å². The van der Waals surface area contributed by atoms with Crippen LogP contribution in [0, 0.1) is 11.8 Å². The number of ketones is 1. The molecule has 0 bridgehead atoms. The van der Waals surface area contributed by atoms with E-state index >= 15 is 0 Å². The average Bonchev–Trinajstić information content (AvgIpc) is 2.35. The Hall–Kier alpha value is -0.413. The van der Waals surface area contributed by atoms with Gasteiger partial charge in [-0.1, -0.05) is 39.3 Å². The maximum absolute atomic E-state index is 11.5. The van der Waals surface area contributed by atoms with Crippen molar-refractivity contribution in [2.24, 2.45) is 11.8 Å². The fourth-order valence-corrected chi connectivity index (χ4v) is 3.98. The number of allylic oxidation sites excluding steroid dienone is 2. The summed E-state index contributed by atoms with van der Waals surface area (Å²) in [7, 11) is -1.63. The number of carbonyl (C=O) groups excluding carboxylic acids is 1. The molecule has 1 aliphatic carbocycles. The summed E-state index contributed by atoms with van der Waals surface area (Å²) in [5.74, 6) is 1.47. The van der Waals surface area contributed by atoms with Crippen molar-refractivity contribution in [3.05, 3.63) is 11.6 Å². The van der Waals surface area contributed by atoms with Gasteiger partial charge in [-0.3, -0.25) is 4.79 Å². The molecule has 2 atom stereocenters. The van der Waals surface area contributed by atoms with Crippen LogP contribution in [0.2, 0.25) is 18.1 Å². The van der Waals surface area contributed by atoms with E-state index in [9.17, 15) is 4.79 Å². The third kappa shape index (κ3) is 6.37. The van der Waals surface area contributed by atoms with Gasteiger partial charge in [0.25, 0.3) is 0 Å². The Morgan fingerprint density at radius 2 is 2.05 bits per heavy atom. The fraction of sp³-hybridized carbons (Fsp3) is 0.842. The van der Waals surface area contributed by atoms with E-state index in [1.165, 1.54) is 12.0 Å². The molecule has 0 aromatic heterocycles. The Kier molecular flexibility index (Phi) is 7.06. The Morgan fingerprint density at radius 1 is 1.41 bits per heavy atom. The van der Waals surface area contributed by atoms with Crippen molar-refractivity contribution in [1.29, 1.82) is 0 Å². The third-order valence-electron chi connectivity index (χ3n) is 5.25. The summed E-state index contributed by atoms with van der Waals surface area (Å²) < 4.78 is 6.32. The first-order valence-electron chi connectivity index (χ1n) is 8.84. The predicted molar refractivity (Wildman–Crippen MR) is 97.7 cm³/mol. The lowest BCUT2D eigenvalue weighted by Gasteiger charge is -2.37. The second kappa shape index (κ2) is 7.92. The maximum Gasteiger partial charge on any atom is 0.191 e. The van der Waals surface area contributed by atoms with E-state index in [0.29, 0.717) is 17.6 Å². The highest BCUT2D eigenvalue weighted by molar-refractivity contribution is 6.74. The zero-order valence-electron chi connectivity index (χ0n) is 15.8. The Labute approximate surface area is 138 Å². The van der Waals surface area contributed by atoms with E-state index in [0.717, 1.165) is 32.3 Å². The number of hydrogen-bond acceptors (Lipinski definition) is 2. The van der Waals surface area contributed by atoms with Crippen LogP contribution in [0.25, 0.3) is 0 Å². The van der Waals surface area contributed by atoms with Gasteiger partial charge in [0, 0.05) is 19.4 Å². The van der Waals surface area contributed by atoms with Crippen molar-refractivity contribution in [2.75, 3.05) is 6.61 Å². The number of hydrogen-bond donors (Lipinski definition) is 0. The molecule has 2 nitrogen and oxygen atoms in total. The van der Waals surface area contributed by atoms with Gasteiger partial charge in [-0.05, 0) is 56.2 Å². The van der Waals surface area contributed by atoms with Crippen molar-refractivity contribution in [3.8, 4) is 0 Å². The summed E-state index contributed by atoms with van der Waals surface area (Å²) in [6.45, 7) is 16.8. The zero-order chi connectivity index (χ0) is 17.0. The van der Waals surface area contributed by atoms with Crippen molar-refractivity contribution in [3.63, 3.8) is 0 Å². The molecule has 1 rings (SSSR count). The minimum absolute atomic E-state index is 0.278. The largest absolute Gasteiger partial charge is 0.417 e. The minimum atomic E-state index is -1.63. The molecule has 0 heterocycles. The molecular formula is C19H36O2Si. The quantitative estimate of drug-likeness (QED) is 0.460. The van der Waals surface area contributed by atoms with Gasteiger partial charge in [0.05, 0.1) is 0 Å². The van der Waals surface area contributed by atoms with E-state index in [4.69, 9.17) is 4.43 Å². The van der Waals surface area contributed by atoms with Crippen LogP contribution >= 0.6 is 0 Å². The summed E-state index contributed by atoms with van der Waals surface area (Å²) in [4.78, 5) is 11.5. The van der Waals surface area contributed by atoms with E-state index in [1.54, 1.807) is 0 Å². The Balaban J connectivity index is 2.44. The van der Waals surface area contributed by atoms with Crippen molar-refractivity contribution in [2.45, 2.75) is 84.9 Å². The van der Waals surface area contributed by atoms with Crippen LogP contribution < -0.4 is 0 Å². The minimum Gasteiger partial charge on any atom is -0.417 e. The van der Waals surface area contributed by atoms with Gasteiger partial charge < -0.3 is 4.43 Å². The zero-order valence-corrected chi connectivity index (χ0v) is 16.8. The van der Waals surface area contributed by atoms with E-state index in [2.05, 4.69) is 53.8 Å². The SMILES string of the molecule is C/C(=C\C1CCCC(=O)C1)C[C@@H](C)CO[Si](C)(C)C(C)(C)C. The van der Waals surface area contributed by atoms with Gasteiger partial charge in [-0.25, -0.2) is 0 Å². The first-order valence-corrected chi connectivity index (χ1v) is 11.7. The van der Waals surface area contributed by atoms with Crippen LogP contribution in [-0.2, 0) is 9.22 Å². The average molecular weight is 325 g/mol. The lowest BCUT2D eigenvalue weighted by atomic mass is 9.86. The summed E-state index contributed by atoms with van der Waals surface area (Å²) in [6, 6.07) is 0. The monoisotopic (exact) mass is 324 g/mol. The molecule has 0 spiro atoms. The molecule has 0 amide bonds. The van der Waals surface area contributed by atoms with Crippen molar-refractivity contribution in [1.82, 2.24) is 0 Å². The standard InChI is InChI=1S/C19H36O2Si/c1-15(12-17-9-8-10-18(20)13-17)11-16(2)14-21-22(6,7)19(3,4)5/h12,16-17H,8-11,13-14H2,1-7H3/b15-12+/t16-,17?/m1/s1. The highest BCUT2D eigenvalue weighted by Gasteiger charge is 2.37. The number of rotatable bonds is 6. The van der Waals surface area contributed by atoms with Gasteiger partial charge in [0.15, 0.2) is 8.32 Å². The summed E-state index contributed by atoms with van der Waals surface area (Å²) in [5.41, 5.74) is 1.42. The summed E-state index contributed by atoms with van der Waals surface area (Å²) >= 11 is 0. The molecule has 1 fully saturated rings. The molecule has 0 aliphatic heterocycles. The lowest BCUT2D eigenvalue weighted by Crippen LogP contribution is -2.41. The second-order valence-electron chi connectivity index (χ2n) is 8.79. The van der Waals surface area contributed by atoms with E-state index < -0.39 is 8.32 Å². The van der Waals surface area contributed by atoms with Crippen LogP contribution in [0.3, 0.4) is 0 Å². The van der Waals surface area contributed by atoms with Crippen LogP contribution in [0.15, 0.2) is 11.6 Å². The maximum atomic E-state index is 11.5. The molecule has 22 heavy (non-hydrogen) atoms. The predicted octanol–water partition coefficient (Wildman–Crippen LogP) is 5.74. The molecule has 1 saturated carbocycles. The molecule has 3 heteroatoms. The van der Waals surface area contributed by atoms with Gasteiger partial charge in [0.1, 0.15) is 5.78 Å². The highest BCUT2D eigenvalue weighted by Crippen LogP contribution is 2.37. The van der Waals surface area contributed by atoms with Gasteiger partial charge >= 0.3 is 0 Å². The Morgan fingerprint density at radius 3 is 2.59 bits per heavy atom. The van der Waals surface area contributed by atoms with Crippen LogP contribution in [0.4, 0.5) is 0 Å². The second-order valence-corrected chi connectivity index (χ2v) is 13.6. The third-order valence-corrected chi connectivity index (χ3v) is 9.75. The molecule has 0 N–H and O–H groups in total. The smallest absolute Gasteiger partial charge is 0.191 e. The van der Waals surface area contributed by atoms with Crippen molar-refractivity contribution < 1.29 is 9.22 Å². The molecule has 1 aliphatic rings. The first kappa shape index (κ1) is 19.6. The molecule has 128 valence electrons. The number of Topliss-reactive ketones (excluding diaryl/α,β-unsaturated/α-hetero) is 1. The molecule has 0 aromatic rings. The Bertz CT molecular complexity index is 404. The normalized spacial score (nSPS) is 22.8. The van der Waals surface area contributed by atoms with Crippen LogP contribution in [0.1, 0.15) is 66.7 Å². The fourth-order valence-electron chi connectivity index (χ4n) is 2.85. The van der Waals surface area contributed by atoms with E-state index in [1.807, 2.05) is 0 Å². The highest BCUT2D eigenvalue weighted by atomic mass is 28.4.